The van der Waals surface area contributed by atoms with Gasteiger partial charge in [-0.25, -0.2) is 0 Å². The number of hydrogen-bond donors (Lipinski definition) is 1. The summed E-state index contributed by atoms with van der Waals surface area (Å²) < 4.78 is 0. The van der Waals surface area contributed by atoms with Crippen LogP contribution in [0.4, 0.5) is 5.69 Å². The summed E-state index contributed by atoms with van der Waals surface area (Å²) >= 11 is 0. The molecule has 0 aromatic heterocycles. The van der Waals surface area contributed by atoms with Crippen LogP contribution in [0.15, 0.2) is 48.5 Å². The Morgan fingerprint density at radius 3 is 2.29 bits per heavy atom. The molecule has 34 heavy (non-hydrogen) atoms. The molecule has 184 valence electrons. The number of aliphatic hydroxyl groups excluding tert-OH is 1. The van der Waals surface area contributed by atoms with Gasteiger partial charge in [-0.2, -0.15) is 0 Å². The van der Waals surface area contributed by atoms with Crippen molar-refractivity contribution in [2.75, 3.05) is 31.1 Å². The van der Waals surface area contributed by atoms with E-state index in [1.54, 1.807) is 6.92 Å². The number of piperidine rings is 1. The number of rotatable bonds is 4. The van der Waals surface area contributed by atoms with Gasteiger partial charge in [0, 0.05) is 38.3 Å². The van der Waals surface area contributed by atoms with Gasteiger partial charge in [-0.15, -0.1) is 0 Å². The maximum Gasteiger partial charge on any atom is 0.223 e. The van der Waals surface area contributed by atoms with Gasteiger partial charge in [-0.1, -0.05) is 61.7 Å². The second-order valence-electron chi connectivity index (χ2n) is 10.0. The lowest BCUT2D eigenvalue weighted by atomic mass is 9.99. The quantitative estimate of drug-likeness (QED) is 0.696. The SMILES string of the molecule is CC(=O)N1CCCCCCCN(C2CCN(Cc3ccccc3)CC2)Cc2ccc(CO)cc21. The Kier molecular flexibility index (Phi) is 9.14. The second kappa shape index (κ2) is 12.5. The first kappa shape index (κ1) is 24.9. The van der Waals surface area contributed by atoms with Gasteiger partial charge in [0.1, 0.15) is 0 Å². The molecule has 5 nitrogen and oxygen atoms in total. The van der Waals surface area contributed by atoms with Crippen LogP contribution in [0.25, 0.3) is 0 Å². The van der Waals surface area contributed by atoms with Crippen LogP contribution < -0.4 is 4.90 Å². The van der Waals surface area contributed by atoms with Gasteiger partial charge in [0.2, 0.25) is 5.91 Å². The lowest BCUT2D eigenvalue weighted by Gasteiger charge is -2.39. The summed E-state index contributed by atoms with van der Waals surface area (Å²) in [5.41, 5.74) is 4.47. The number of amides is 1. The van der Waals surface area contributed by atoms with E-state index in [9.17, 15) is 9.90 Å². The van der Waals surface area contributed by atoms with Gasteiger partial charge in [0.15, 0.2) is 0 Å². The number of fused-ring (bicyclic) bond motifs is 1. The zero-order valence-electron chi connectivity index (χ0n) is 20.8. The molecule has 1 fully saturated rings. The number of carbonyl (C=O) groups excluding carboxylic acids is 1. The van der Waals surface area contributed by atoms with Gasteiger partial charge in [-0.3, -0.25) is 14.6 Å². The fourth-order valence-corrected chi connectivity index (χ4v) is 5.55. The minimum Gasteiger partial charge on any atom is -0.392 e. The Labute approximate surface area is 205 Å². The number of carbonyl (C=O) groups is 1. The molecule has 2 aromatic carbocycles. The second-order valence-corrected chi connectivity index (χ2v) is 10.0. The molecule has 0 aliphatic carbocycles. The van der Waals surface area contributed by atoms with Gasteiger partial charge in [0.05, 0.1) is 6.61 Å². The van der Waals surface area contributed by atoms with Crippen LogP contribution in [0.1, 0.15) is 68.6 Å². The average molecular weight is 464 g/mol. The van der Waals surface area contributed by atoms with Crippen molar-refractivity contribution in [2.24, 2.45) is 0 Å². The monoisotopic (exact) mass is 463 g/mol. The molecule has 0 radical (unpaired) electrons. The number of nitrogens with zero attached hydrogens (tertiary/aromatic N) is 3. The Balaban J connectivity index is 1.50. The summed E-state index contributed by atoms with van der Waals surface area (Å²) in [6, 6.07) is 17.5. The maximum atomic E-state index is 12.6. The molecule has 0 spiro atoms. The fourth-order valence-electron chi connectivity index (χ4n) is 5.55. The van der Waals surface area contributed by atoms with E-state index in [-0.39, 0.29) is 12.5 Å². The van der Waals surface area contributed by atoms with E-state index in [2.05, 4.69) is 46.2 Å². The molecule has 0 unspecified atom stereocenters. The van der Waals surface area contributed by atoms with Crippen molar-refractivity contribution >= 4 is 11.6 Å². The molecule has 1 saturated heterocycles. The molecule has 2 aliphatic rings. The maximum absolute atomic E-state index is 12.6. The van der Waals surface area contributed by atoms with Crippen molar-refractivity contribution in [3.8, 4) is 0 Å². The van der Waals surface area contributed by atoms with Crippen molar-refractivity contribution in [3.63, 3.8) is 0 Å². The van der Waals surface area contributed by atoms with Gasteiger partial charge >= 0.3 is 0 Å². The van der Waals surface area contributed by atoms with Crippen molar-refractivity contribution in [1.29, 1.82) is 0 Å². The van der Waals surface area contributed by atoms with Crippen molar-refractivity contribution in [3.05, 3.63) is 65.2 Å². The van der Waals surface area contributed by atoms with Crippen LogP contribution in [0.2, 0.25) is 0 Å². The summed E-state index contributed by atoms with van der Waals surface area (Å²) in [6.07, 6.45) is 8.31. The fraction of sp³-hybridized carbons (Fsp3) is 0.552. The van der Waals surface area contributed by atoms with E-state index >= 15 is 0 Å². The summed E-state index contributed by atoms with van der Waals surface area (Å²) in [4.78, 5) is 19.8. The minimum atomic E-state index is 0.00259. The highest BCUT2D eigenvalue weighted by Crippen LogP contribution is 2.29. The molecule has 0 bridgehead atoms. The van der Waals surface area contributed by atoms with E-state index in [4.69, 9.17) is 0 Å². The smallest absolute Gasteiger partial charge is 0.223 e. The largest absolute Gasteiger partial charge is 0.392 e. The highest BCUT2D eigenvalue weighted by Gasteiger charge is 2.26. The lowest BCUT2D eigenvalue weighted by Crippen LogP contribution is -2.45. The minimum absolute atomic E-state index is 0.00259. The topological polar surface area (TPSA) is 47.0 Å². The number of likely N-dealkylation sites (tertiary alicyclic amines) is 1. The molecule has 1 amide bonds. The summed E-state index contributed by atoms with van der Waals surface area (Å²) in [7, 11) is 0. The molecule has 2 aliphatic heterocycles. The predicted octanol–water partition coefficient (Wildman–Crippen LogP) is 4.96. The van der Waals surface area contributed by atoms with Crippen LogP contribution in [0.5, 0.6) is 0 Å². The average Bonchev–Trinajstić information content (AvgIpc) is 2.85. The van der Waals surface area contributed by atoms with E-state index < -0.39 is 0 Å². The van der Waals surface area contributed by atoms with E-state index in [0.29, 0.717) is 6.04 Å². The number of aliphatic hydroxyl groups is 1. The molecule has 2 heterocycles. The molecule has 5 heteroatoms. The molecule has 0 atom stereocenters. The Morgan fingerprint density at radius 2 is 1.59 bits per heavy atom. The molecule has 1 N–H and O–H groups in total. The highest BCUT2D eigenvalue weighted by atomic mass is 16.3. The van der Waals surface area contributed by atoms with Crippen molar-refractivity contribution < 1.29 is 9.90 Å². The van der Waals surface area contributed by atoms with Crippen LogP contribution in [-0.2, 0) is 24.5 Å². The Hall–Kier alpha value is -2.21. The van der Waals surface area contributed by atoms with E-state index in [1.807, 2.05) is 17.0 Å². The standard InChI is InChI=1S/C29H41N3O2/c1-24(34)32-17-9-4-2-3-8-16-31(22-27-13-12-26(23-33)20-29(27)32)28-14-18-30(19-15-28)21-25-10-6-5-7-11-25/h5-7,10-13,20,28,33H,2-4,8-9,14-19,21-23H2,1H3. The van der Waals surface area contributed by atoms with Crippen LogP contribution in [0, 0.1) is 0 Å². The van der Waals surface area contributed by atoms with Crippen LogP contribution in [0.3, 0.4) is 0 Å². The van der Waals surface area contributed by atoms with Gasteiger partial charge in [0.25, 0.3) is 0 Å². The van der Waals surface area contributed by atoms with Gasteiger partial charge in [-0.05, 0) is 68.1 Å². The lowest BCUT2D eigenvalue weighted by molar-refractivity contribution is -0.116. The molecule has 0 saturated carbocycles. The third kappa shape index (κ3) is 6.68. The summed E-state index contributed by atoms with van der Waals surface area (Å²) in [6.45, 7) is 7.71. The van der Waals surface area contributed by atoms with Crippen molar-refractivity contribution in [1.82, 2.24) is 9.80 Å². The van der Waals surface area contributed by atoms with Crippen LogP contribution in [-0.4, -0.2) is 53.0 Å². The summed E-state index contributed by atoms with van der Waals surface area (Å²) in [5.74, 6) is 0.0918. The molecule has 2 aromatic rings. The highest BCUT2D eigenvalue weighted by molar-refractivity contribution is 5.92. The molecular weight excluding hydrogens is 422 g/mol. The van der Waals surface area contributed by atoms with Crippen molar-refractivity contribution in [2.45, 2.75) is 77.6 Å². The molecular formula is C29H41N3O2. The van der Waals surface area contributed by atoms with Gasteiger partial charge < -0.3 is 10.0 Å². The van der Waals surface area contributed by atoms with Crippen LogP contribution >= 0.6 is 0 Å². The number of benzene rings is 2. The summed E-state index contributed by atoms with van der Waals surface area (Å²) in [5, 5.41) is 9.74. The number of hydrogen-bond acceptors (Lipinski definition) is 4. The third-order valence-corrected chi connectivity index (χ3v) is 7.53. The number of anilines is 1. The molecule has 4 rings (SSSR count). The first-order valence-electron chi connectivity index (χ1n) is 13.1. The zero-order valence-corrected chi connectivity index (χ0v) is 20.8. The first-order valence-corrected chi connectivity index (χ1v) is 13.1. The Bertz CT molecular complexity index is 909. The van der Waals surface area contributed by atoms with E-state index in [1.165, 1.54) is 43.2 Å². The third-order valence-electron chi connectivity index (χ3n) is 7.53. The van der Waals surface area contributed by atoms with E-state index in [0.717, 1.165) is 63.4 Å². The Morgan fingerprint density at radius 1 is 0.882 bits per heavy atom. The predicted molar refractivity (Wildman–Crippen MR) is 139 cm³/mol. The normalized spacial score (nSPS) is 19.8. The zero-order chi connectivity index (χ0) is 23.8. The first-order chi connectivity index (χ1) is 16.6.